The summed E-state index contributed by atoms with van der Waals surface area (Å²) in [6.45, 7) is 4.47. The molecule has 3 aromatic rings. The van der Waals surface area contributed by atoms with Gasteiger partial charge in [0, 0.05) is 28.5 Å². The molecule has 1 N–H and O–H groups in total. The fourth-order valence-corrected chi connectivity index (χ4v) is 3.17. The molecule has 0 aliphatic carbocycles. The van der Waals surface area contributed by atoms with Gasteiger partial charge in [0.15, 0.2) is 0 Å². The van der Waals surface area contributed by atoms with Crippen LogP contribution in [0.1, 0.15) is 25.9 Å². The van der Waals surface area contributed by atoms with Crippen LogP contribution in [0.5, 0.6) is 0 Å². The van der Waals surface area contributed by atoms with Crippen LogP contribution in [-0.2, 0) is 6.54 Å². The molecule has 0 fully saturated rings. The lowest BCUT2D eigenvalue weighted by molar-refractivity contribution is 0.0951. The van der Waals surface area contributed by atoms with Crippen LogP contribution in [0.15, 0.2) is 48.8 Å². The molecule has 1 aromatic carbocycles. The molecule has 4 nitrogen and oxygen atoms in total. The van der Waals surface area contributed by atoms with Crippen molar-refractivity contribution in [2.45, 2.75) is 20.4 Å². The lowest BCUT2D eigenvalue weighted by Gasteiger charge is -2.06. The minimum absolute atomic E-state index is 0.0653. The van der Waals surface area contributed by atoms with Gasteiger partial charge < -0.3 is 9.88 Å². The van der Waals surface area contributed by atoms with Gasteiger partial charge in [0.25, 0.3) is 5.91 Å². The zero-order valence-corrected chi connectivity index (χ0v) is 13.4. The average molecular weight is 311 g/mol. The Morgan fingerprint density at radius 2 is 1.86 bits per heavy atom. The van der Waals surface area contributed by atoms with Gasteiger partial charge >= 0.3 is 0 Å². The largest absolute Gasteiger partial charge is 0.347 e. The molecule has 5 heteroatoms. The lowest BCUT2D eigenvalue weighted by atomic mass is 10.2. The summed E-state index contributed by atoms with van der Waals surface area (Å²) >= 11 is 1.62. The summed E-state index contributed by atoms with van der Waals surface area (Å²) in [7, 11) is 0. The van der Waals surface area contributed by atoms with E-state index in [4.69, 9.17) is 0 Å². The van der Waals surface area contributed by atoms with Gasteiger partial charge in [-0.15, -0.1) is 11.3 Å². The number of thiazole rings is 1. The summed E-state index contributed by atoms with van der Waals surface area (Å²) in [5.74, 6) is -0.0653. The highest BCUT2D eigenvalue weighted by Gasteiger charge is 2.09. The topological polar surface area (TPSA) is 46.9 Å². The molecule has 22 heavy (non-hydrogen) atoms. The Hall–Kier alpha value is -2.40. The van der Waals surface area contributed by atoms with E-state index in [2.05, 4.69) is 10.3 Å². The third kappa shape index (κ3) is 3.09. The Labute approximate surface area is 133 Å². The maximum atomic E-state index is 12.2. The molecule has 0 spiro atoms. The molecule has 3 rings (SSSR count). The molecule has 0 unspecified atom stereocenters. The van der Waals surface area contributed by atoms with E-state index < -0.39 is 0 Å². The van der Waals surface area contributed by atoms with Crippen molar-refractivity contribution in [3.05, 3.63) is 69.9 Å². The highest BCUT2D eigenvalue weighted by Crippen LogP contribution is 2.17. The van der Waals surface area contributed by atoms with E-state index in [9.17, 15) is 4.79 Å². The maximum Gasteiger partial charge on any atom is 0.251 e. The Kier molecular flexibility index (Phi) is 4.06. The molecule has 2 heterocycles. The summed E-state index contributed by atoms with van der Waals surface area (Å²) in [6, 6.07) is 11.5. The number of carbonyl (C=O) groups is 1. The number of amides is 1. The van der Waals surface area contributed by atoms with Crippen LogP contribution in [0.3, 0.4) is 0 Å². The second-order valence-corrected chi connectivity index (χ2v) is 6.35. The minimum Gasteiger partial charge on any atom is -0.347 e. The van der Waals surface area contributed by atoms with Crippen LogP contribution in [-0.4, -0.2) is 15.5 Å². The quantitative estimate of drug-likeness (QED) is 0.802. The first-order valence-corrected chi connectivity index (χ1v) is 7.89. The summed E-state index contributed by atoms with van der Waals surface area (Å²) in [6.07, 6.45) is 3.95. The molecule has 0 bridgehead atoms. The van der Waals surface area contributed by atoms with Gasteiger partial charge in [0.05, 0.1) is 17.2 Å². The van der Waals surface area contributed by atoms with E-state index in [-0.39, 0.29) is 5.91 Å². The fourth-order valence-electron chi connectivity index (χ4n) is 2.29. The summed E-state index contributed by atoms with van der Waals surface area (Å²) in [5, 5.41) is 3.97. The molecule has 1 amide bonds. The number of carbonyl (C=O) groups excluding carboxylic acids is 1. The molecular weight excluding hydrogens is 294 g/mol. The molecule has 2 aromatic heterocycles. The normalized spacial score (nSPS) is 10.6. The van der Waals surface area contributed by atoms with Gasteiger partial charge in [0.2, 0.25) is 0 Å². The van der Waals surface area contributed by atoms with Crippen LogP contribution in [0.2, 0.25) is 0 Å². The van der Waals surface area contributed by atoms with Crippen molar-refractivity contribution in [3.63, 3.8) is 0 Å². The first-order valence-electron chi connectivity index (χ1n) is 7.08. The van der Waals surface area contributed by atoms with Crippen molar-refractivity contribution >= 4 is 17.2 Å². The van der Waals surface area contributed by atoms with E-state index >= 15 is 0 Å². The van der Waals surface area contributed by atoms with Gasteiger partial charge in [-0.05, 0) is 50.2 Å². The second-order valence-electron chi connectivity index (χ2n) is 5.06. The molecule has 0 aliphatic heterocycles. The fraction of sp³-hybridized carbons (Fsp3) is 0.176. The first kappa shape index (κ1) is 14.5. The smallest absolute Gasteiger partial charge is 0.251 e. The van der Waals surface area contributed by atoms with E-state index in [1.54, 1.807) is 11.3 Å². The molecule has 0 aliphatic rings. The van der Waals surface area contributed by atoms with Crippen molar-refractivity contribution in [1.82, 2.24) is 14.9 Å². The summed E-state index contributed by atoms with van der Waals surface area (Å²) in [5.41, 5.74) is 2.69. The second kappa shape index (κ2) is 6.15. The Morgan fingerprint density at radius 3 is 2.45 bits per heavy atom. The number of rotatable bonds is 4. The predicted octanol–water partition coefficient (Wildman–Crippen LogP) is 3.48. The van der Waals surface area contributed by atoms with Crippen LogP contribution >= 0.6 is 11.3 Å². The number of hydrogen-bond donors (Lipinski definition) is 1. The molecule has 0 atom stereocenters. The Morgan fingerprint density at radius 1 is 1.18 bits per heavy atom. The third-order valence-corrected chi connectivity index (χ3v) is 4.51. The molecule has 0 saturated carbocycles. The van der Waals surface area contributed by atoms with E-state index in [0.717, 1.165) is 21.3 Å². The van der Waals surface area contributed by atoms with Crippen LogP contribution in [0, 0.1) is 13.8 Å². The number of nitrogens with zero attached hydrogens (tertiary/aromatic N) is 2. The summed E-state index contributed by atoms with van der Waals surface area (Å²) < 4.78 is 2.01. The number of hydrogen-bond acceptors (Lipinski definition) is 3. The Bertz CT molecular complexity index is 773. The predicted molar refractivity (Wildman–Crippen MR) is 88.5 cm³/mol. The number of aryl methyl sites for hydroxylation is 2. The van der Waals surface area contributed by atoms with Gasteiger partial charge in [-0.25, -0.2) is 4.98 Å². The van der Waals surface area contributed by atoms with Crippen LogP contribution in [0.25, 0.3) is 5.69 Å². The van der Waals surface area contributed by atoms with E-state index in [1.165, 1.54) is 0 Å². The monoisotopic (exact) mass is 311 g/mol. The standard InChI is InChI=1S/C17H17N3OS/c1-12-16(22-13(2)19-12)11-18-17(21)14-5-7-15(8-6-14)20-9-3-4-10-20/h3-10H,11H2,1-2H3,(H,18,21). The third-order valence-electron chi connectivity index (χ3n) is 3.44. The molecule has 0 radical (unpaired) electrons. The van der Waals surface area contributed by atoms with E-state index in [1.807, 2.05) is 67.2 Å². The molecular formula is C17H17N3OS. The van der Waals surface area contributed by atoms with Crippen molar-refractivity contribution in [3.8, 4) is 5.69 Å². The molecule has 112 valence electrons. The zero-order valence-electron chi connectivity index (χ0n) is 12.5. The van der Waals surface area contributed by atoms with Crippen molar-refractivity contribution in [1.29, 1.82) is 0 Å². The van der Waals surface area contributed by atoms with Gasteiger partial charge in [0.1, 0.15) is 0 Å². The minimum atomic E-state index is -0.0653. The number of benzene rings is 1. The average Bonchev–Trinajstić information content (AvgIpc) is 3.15. The van der Waals surface area contributed by atoms with Crippen molar-refractivity contribution in [2.75, 3.05) is 0 Å². The zero-order chi connectivity index (χ0) is 15.5. The van der Waals surface area contributed by atoms with Gasteiger partial charge in [-0.3, -0.25) is 4.79 Å². The SMILES string of the molecule is Cc1nc(C)c(CNC(=O)c2ccc(-n3cccc3)cc2)s1. The van der Waals surface area contributed by atoms with Gasteiger partial charge in [-0.2, -0.15) is 0 Å². The highest BCUT2D eigenvalue weighted by molar-refractivity contribution is 7.11. The highest BCUT2D eigenvalue weighted by atomic mass is 32.1. The lowest BCUT2D eigenvalue weighted by Crippen LogP contribution is -2.22. The van der Waals surface area contributed by atoms with Crippen molar-refractivity contribution in [2.24, 2.45) is 0 Å². The van der Waals surface area contributed by atoms with Gasteiger partial charge in [-0.1, -0.05) is 0 Å². The number of aromatic nitrogens is 2. The van der Waals surface area contributed by atoms with Crippen molar-refractivity contribution < 1.29 is 4.79 Å². The van der Waals surface area contributed by atoms with Crippen LogP contribution < -0.4 is 5.32 Å². The summed E-state index contributed by atoms with van der Waals surface area (Å²) in [4.78, 5) is 17.7. The number of nitrogens with one attached hydrogen (secondary N) is 1. The Balaban J connectivity index is 1.66. The molecule has 0 saturated heterocycles. The van der Waals surface area contributed by atoms with Crippen LogP contribution in [0.4, 0.5) is 0 Å². The maximum absolute atomic E-state index is 12.2. The first-order chi connectivity index (χ1) is 10.6. The van der Waals surface area contributed by atoms with E-state index in [0.29, 0.717) is 12.1 Å².